The number of amides is 1. The quantitative estimate of drug-likeness (QED) is 0.534. The van der Waals surface area contributed by atoms with Crippen LogP contribution in [0.5, 0.6) is 0 Å². The molecule has 6 nitrogen and oxygen atoms in total. The van der Waals surface area contributed by atoms with Gasteiger partial charge in [-0.15, -0.1) is 0 Å². The van der Waals surface area contributed by atoms with E-state index >= 15 is 0 Å². The minimum Gasteiger partial charge on any atom is -0.358 e. The standard InChI is InChI=1S/C10H21N5O/c1-13-10(16)8(11)3-2-4-9(12)15-6-5-14-7-15/h7-9H,2-6,11-12H2,1H3,(H,13,16)/t8-,9?/m0/s1. The van der Waals surface area contributed by atoms with Crippen molar-refractivity contribution in [2.75, 3.05) is 20.1 Å². The molecule has 2 atom stereocenters. The maximum Gasteiger partial charge on any atom is 0.236 e. The summed E-state index contributed by atoms with van der Waals surface area (Å²) in [6, 6.07) is -0.426. The Hall–Kier alpha value is -1.14. The molecule has 0 aromatic heterocycles. The van der Waals surface area contributed by atoms with Gasteiger partial charge in [0.15, 0.2) is 0 Å². The predicted octanol–water partition coefficient (Wildman–Crippen LogP) is -1.14. The molecule has 0 aromatic rings. The molecule has 0 saturated heterocycles. The van der Waals surface area contributed by atoms with Gasteiger partial charge < -0.3 is 21.7 Å². The molecule has 1 amide bonds. The smallest absolute Gasteiger partial charge is 0.236 e. The van der Waals surface area contributed by atoms with Crippen molar-refractivity contribution in [2.45, 2.75) is 31.5 Å². The summed E-state index contributed by atoms with van der Waals surface area (Å²) < 4.78 is 0. The fourth-order valence-electron chi connectivity index (χ4n) is 1.67. The van der Waals surface area contributed by atoms with E-state index in [1.807, 2.05) is 4.90 Å². The molecule has 1 aliphatic heterocycles. The van der Waals surface area contributed by atoms with Crippen LogP contribution in [0.3, 0.4) is 0 Å². The van der Waals surface area contributed by atoms with E-state index in [2.05, 4.69) is 10.3 Å². The number of nitrogens with zero attached hydrogens (tertiary/aromatic N) is 2. The molecule has 0 fully saturated rings. The van der Waals surface area contributed by atoms with E-state index in [1.54, 1.807) is 13.4 Å². The minimum atomic E-state index is -0.426. The molecule has 0 spiro atoms. The highest BCUT2D eigenvalue weighted by Gasteiger charge is 2.15. The van der Waals surface area contributed by atoms with E-state index in [1.165, 1.54) is 0 Å². The third-order valence-corrected chi connectivity index (χ3v) is 2.74. The van der Waals surface area contributed by atoms with Crippen molar-refractivity contribution >= 4 is 12.2 Å². The zero-order valence-electron chi connectivity index (χ0n) is 9.72. The summed E-state index contributed by atoms with van der Waals surface area (Å²) in [5, 5.41) is 2.53. The lowest BCUT2D eigenvalue weighted by Crippen LogP contribution is -2.41. The maximum atomic E-state index is 11.1. The summed E-state index contributed by atoms with van der Waals surface area (Å²) in [6.45, 7) is 1.72. The summed E-state index contributed by atoms with van der Waals surface area (Å²) in [5.41, 5.74) is 11.6. The lowest BCUT2D eigenvalue weighted by atomic mass is 10.1. The first-order chi connectivity index (χ1) is 7.65. The average Bonchev–Trinajstić information content (AvgIpc) is 2.81. The maximum absolute atomic E-state index is 11.1. The number of hydrogen-bond acceptors (Lipinski definition) is 5. The van der Waals surface area contributed by atoms with Gasteiger partial charge in [-0.1, -0.05) is 0 Å². The fraction of sp³-hybridized carbons (Fsp3) is 0.800. The zero-order valence-corrected chi connectivity index (χ0v) is 9.72. The van der Waals surface area contributed by atoms with Crippen molar-refractivity contribution in [1.29, 1.82) is 0 Å². The van der Waals surface area contributed by atoms with E-state index in [4.69, 9.17) is 11.5 Å². The van der Waals surface area contributed by atoms with Crippen molar-refractivity contribution in [2.24, 2.45) is 16.5 Å². The number of hydrogen-bond donors (Lipinski definition) is 3. The SMILES string of the molecule is CNC(=O)[C@@H](N)CCCC(N)N1C=NCC1. The molecular weight excluding hydrogens is 206 g/mol. The molecule has 0 aromatic carbocycles. The van der Waals surface area contributed by atoms with Gasteiger partial charge in [0, 0.05) is 13.6 Å². The highest BCUT2D eigenvalue weighted by molar-refractivity contribution is 5.81. The van der Waals surface area contributed by atoms with Gasteiger partial charge in [0.1, 0.15) is 0 Å². The van der Waals surface area contributed by atoms with Crippen LogP contribution >= 0.6 is 0 Å². The molecule has 1 rings (SSSR count). The van der Waals surface area contributed by atoms with E-state index < -0.39 is 6.04 Å². The third-order valence-electron chi connectivity index (χ3n) is 2.74. The number of nitrogens with two attached hydrogens (primary N) is 2. The van der Waals surface area contributed by atoms with E-state index in [0.717, 1.165) is 25.9 Å². The van der Waals surface area contributed by atoms with Crippen molar-refractivity contribution in [3.05, 3.63) is 0 Å². The Morgan fingerprint density at radius 1 is 1.56 bits per heavy atom. The van der Waals surface area contributed by atoms with E-state index in [-0.39, 0.29) is 12.1 Å². The predicted molar refractivity (Wildman–Crippen MR) is 63.9 cm³/mol. The molecule has 1 unspecified atom stereocenters. The van der Waals surface area contributed by atoms with Gasteiger partial charge in [0.2, 0.25) is 5.91 Å². The highest BCUT2D eigenvalue weighted by Crippen LogP contribution is 2.06. The van der Waals surface area contributed by atoms with E-state index in [0.29, 0.717) is 6.42 Å². The summed E-state index contributed by atoms with van der Waals surface area (Å²) >= 11 is 0. The molecule has 1 aliphatic rings. The van der Waals surface area contributed by atoms with Crippen molar-refractivity contribution in [3.63, 3.8) is 0 Å². The van der Waals surface area contributed by atoms with Gasteiger partial charge in [0.05, 0.1) is 25.1 Å². The Labute approximate surface area is 96.1 Å². The second-order valence-electron chi connectivity index (χ2n) is 3.98. The first kappa shape index (κ1) is 12.9. The lowest BCUT2D eigenvalue weighted by Gasteiger charge is -2.22. The fourth-order valence-corrected chi connectivity index (χ4v) is 1.67. The zero-order chi connectivity index (χ0) is 12.0. The van der Waals surface area contributed by atoms with Crippen LogP contribution in [0.1, 0.15) is 19.3 Å². The topological polar surface area (TPSA) is 96.7 Å². The van der Waals surface area contributed by atoms with Crippen molar-refractivity contribution < 1.29 is 4.79 Å². The number of rotatable bonds is 6. The Morgan fingerprint density at radius 3 is 2.88 bits per heavy atom. The van der Waals surface area contributed by atoms with Crippen LogP contribution in [0.4, 0.5) is 0 Å². The summed E-state index contributed by atoms with van der Waals surface area (Å²) in [4.78, 5) is 17.3. The normalized spacial score (nSPS) is 18.6. The molecule has 16 heavy (non-hydrogen) atoms. The van der Waals surface area contributed by atoms with Crippen molar-refractivity contribution in [1.82, 2.24) is 10.2 Å². The van der Waals surface area contributed by atoms with Gasteiger partial charge in [-0.3, -0.25) is 9.79 Å². The summed E-state index contributed by atoms with van der Waals surface area (Å²) in [7, 11) is 1.59. The average molecular weight is 227 g/mol. The van der Waals surface area contributed by atoms with Crippen LogP contribution < -0.4 is 16.8 Å². The Morgan fingerprint density at radius 2 is 2.31 bits per heavy atom. The molecule has 92 valence electrons. The van der Waals surface area contributed by atoms with Gasteiger partial charge in [0.25, 0.3) is 0 Å². The first-order valence-corrected chi connectivity index (χ1v) is 5.63. The van der Waals surface area contributed by atoms with E-state index in [9.17, 15) is 4.79 Å². The van der Waals surface area contributed by atoms with Gasteiger partial charge in [-0.05, 0) is 19.3 Å². The number of nitrogens with one attached hydrogen (secondary N) is 1. The number of aliphatic imine (C=N–C) groups is 1. The van der Waals surface area contributed by atoms with Crippen LogP contribution in [0.15, 0.2) is 4.99 Å². The minimum absolute atomic E-state index is 0.0110. The lowest BCUT2D eigenvalue weighted by molar-refractivity contribution is -0.122. The molecule has 0 radical (unpaired) electrons. The molecule has 6 heteroatoms. The van der Waals surface area contributed by atoms with Gasteiger partial charge >= 0.3 is 0 Å². The number of carbonyl (C=O) groups excluding carboxylic acids is 1. The highest BCUT2D eigenvalue weighted by atomic mass is 16.2. The molecular formula is C10H21N5O. The Kier molecular flexibility index (Phi) is 5.21. The molecule has 0 aliphatic carbocycles. The number of carbonyl (C=O) groups is 1. The van der Waals surface area contributed by atoms with Crippen LogP contribution in [0.25, 0.3) is 0 Å². The van der Waals surface area contributed by atoms with Crippen LogP contribution in [0.2, 0.25) is 0 Å². The molecule has 0 bridgehead atoms. The van der Waals surface area contributed by atoms with Crippen LogP contribution in [-0.4, -0.2) is 49.5 Å². The Balaban J connectivity index is 2.14. The summed E-state index contributed by atoms with van der Waals surface area (Å²) in [5.74, 6) is -0.115. The second kappa shape index (κ2) is 6.44. The molecule has 1 heterocycles. The summed E-state index contributed by atoms with van der Waals surface area (Å²) in [6.07, 6.45) is 4.13. The monoisotopic (exact) mass is 227 g/mol. The molecule has 0 saturated carbocycles. The second-order valence-corrected chi connectivity index (χ2v) is 3.98. The Bertz CT molecular complexity index is 256. The molecule has 5 N–H and O–H groups in total. The number of likely N-dealkylation sites (N-methyl/N-ethyl adjacent to an activating group) is 1. The first-order valence-electron chi connectivity index (χ1n) is 5.63. The third kappa shape index (κ3) is 3.79. The largest absolute Gasteiger partial charge is 0.358 e. The van der Waals surface area contributed by atoms with Crippen molar-refractivity contribution in [3.8, 4) is 0 Å². The van der Waals surface area contributed by atoms with Crippen LogP contribution in [0, 0.1) is 0 Å². The van der Waals surface area contributed by atoms with Gasteiger partial charge in [-0.25, -0.2) is 0 Å². The van der Waals surface area contributed by atoms with Crippen LogP contribution in [-0.2, 0) is 4.79 Å². The van der Waals surface area contributed by atoms with Gasteiger partial charge in [-0.2, -0.15) is 0 Å².